The number of carbonyl (C=O) groups is 2. The number of carboxylic acids is 1. The highest BCUT2D eigenvalue weighted by Gasteiger charge is 2.20. The summed E-state index contributed by atoms with van der Waals surface area (Å²) in [5.74, 6) is -1.28. The lowest BCUT2D eigenvalue weighted by Gasteiger charge is -2.25. The standard InChI is InChI=1S/C29H29N3O4S/c30-17-20-8-13-25(14-9-20)37-31-18-28(34)32(24-12-15-26(29(35)36)27(33)16-24)19-21-6-10-23(11-7-21)22-4-2-1-3-5-22/h6-16,22,31,33H,1-5,18-19H2,(H,35,36). The SMILES string of the molecule is N#Cc1ccc(SNCC(=O)N(Cc2ccc(C3CCCCC3)cc2)c2ccc(C(=O)O)c(O)c2)cc1. The minimum Gasteiger partial charge on any atom is -0.507 e. The monoisotopic (exact) mass is 515 g/mol. The van der Waals surface area contributed by atoms with Gasteiger partial charge in [0.15, 0.2) is 0 Å². The van der Waals surface area contributed by atoms with Crippen molar-refractivity contribution in [3.63, 3.8) is 0 Å². The van der Waals surface area contributed by atoms with Crippen LogP contribution in [0.4, 0.5) is 5.69 Å². The molecule has 0 unspecified atom stereocenters. The highest BCUT2D eigenvalue weighted by Crippen LogP contribution is 2.33. The second-order valence-electron chi connectivity index (χ2n) is 9.12. The quantitative estimate of drug-likeness (QED) is 0.307. The number of nitrogens with one attached hydrogen (secondary N) is 1. The lowest BCUT2D eigenvalue weighted by Crippen LogP contribution is -2.36. The van der Waals surface area contributed by atoms with Crippen LogP contribution in [0.2, 0.25) is 0 Å². The van der Waals surface area contributed by atoms with E-state index in [1.807, 2.05) is 12.1 Å². The van der Waals surface area contributed by atoms with E-state index in [1.165, 1.54) is 72.7 Å². The van der Waals surface area contributed by atoms with E-state index in [0.717, 1.165) is 10.5 Å². The molecule has 3 aromatic rings. The summed E-state index contributed by atoms with van der Waals surface area (Å²) in [5.41, 5.74) is 3.02. The normalized spacial score (nSPS) is 13.6. The number of hydrogen-bond acceptors (Lipinski definition) is 6. The highest BCUT2D eigenvalue weighted by molar-refractivity contribution is 7.97. The molecule has 0 bridgehead atoms. The Morgan fingerprint density at radius 2 is 1.70 bits per heavy atom. The summed E-state index contributed by atoms with van der Waals surface area (Å²) in [5, 5.41) is 28.4. The first-order valence-electron chi connectivity index (χ1n) is 12.3. The van der Waals surface area contributed by atoms with Crippen LogP contribution in [0.25, 0.3) is 0 Å². The second kappa shape index (κ2) is 12.4. The summed E-state index contributed by atoms with van der Waals surface area (Å²) >= 11 is 1.28. The van der Waals surface area contributed by atoms with Gasteiger partial charge in [-0.1, -0.05) is 43.5 Å². The Morgan fingerprint density at radius 3 is 2.32 bits per heavy atom. The zero-order chi connectivity index (χ0) is 26.2. The molecule has 37 heavy (non-hydrogen) atoms. The van der Waals surface area contributed by atoms with Crippen LogP contribution < -0.4 is 9.62 Å². The molecule has 190 valence electrons. The number of nitrogens with zero attached hydrogens (tertiary/aromatic N) is 2. The summed E-state index contributed by atoms with van der Waals surface area (Å²) in [6, 6.07) is 21.6. The van der Waals surface area contributed by atoms with Gasteiger partial charge in [0.2, 0.25) is 5.91 Å². The van der Waals surface area contributed by atoms with Crippen LogP contribution in [-0.4, -0.2) is 28.6 Å². The largest absolute Gasteiger partial charge is 0.507 e. The highest BCUT2D eigenvalue weighted by atomic mass is 32.2. The molecule has 8 heteroatoms. The smallest absolute Gasteiger partial charge is 0.339 e. The van der Waals surface area contributed by atoms with Crippen molar-refractivity contribution in [1.82, 2.24) is 4.72 Å². The predicted molar refractivity (Wildman–Crippen MR) is 144 cm³/mol. The minimum atomic E-state index is -1.24. The molecule has 1 amide bonds. The third-order valence-electron chi connectivity index (χ3n) is 6.62. The van der Waals surface area contributed by atoms with Gasteiger partial charge in [0, 0.05) is 16.6 Å². The molecule has 0 heterocycles. The molecule has 1 aliphatic carbocycles. The summed E-state index contributed by atoms with van der Waals surface area (Å²) in [7, 11) is 0. The Balaban J connectivity index is 1.49. The number of rotatable bonds is 9. The molecular weight excluding hydrogens is 486 g/mol. The molecule has 0 aromatic heterocycles. The molecule has 1 fully saturated rings. The summed E-state index contributed by atoms with van der Waals surface area (Å²) in [6.07, 6.45) is 6.25. The molecule has 1 saturated carbocycles. The summed E-state index contributed by atoms with van der Waals surface area (Å²) in [6.45, 7) is 0.283. The van der Waals surface area contributed by atoms with E-state index in [-0.39, 0.29) is 24.6 Å². The van der Waals surface area contributed by atoms with E-state index in [4.69, 9.17) is 5.26 Å². The van der Waals surface area contributed by atoms with Gasteiger partial charge in [0.1, 0.15) is 11.3 Å². The van der Waals surface area contributed by atoms with Crippen LogP contribution in [0.15, 0.2) is 71.6 Å². The van der Waals surface area contributed by atoms with Gasteiger partial charge in [0.25, 0.3) is 0 Å². The van der Waals surface area contributed by atoms with Crippen molar-refractivity contribution in [2.24, 2.45) is 0 Å². The third kappa shape index (κ3) is 6.91. The molecular formula is C29H29N3O4S. The fourth-order valence-electron chi connectivity index (χ4n) is 4.58. The van der Waals surface area contributed by atoms with Crippen LogP contribution in [0.5, 0.6) is 5.75 Å². The van der Waals surface area contributed by atoms with Crippen LogP contribution in [0.1, 0.15) is 65.1 Å². The molecule has 0 atom stereocenters. The third-order valence-corrected chi connectivity index (χ3v) is 7.41. The van der Waals surface area contributed by atoms with Gasteiger partial charge in [-0.05, 0) is 78.2 Å². The minimum absolute atomic E-state index is 0.00622. The van der Waals surface area contributed by atoms with E-state index in [0.29, 0.717) is 17.2 Å². The Morgan fingerprint density at radius 1 is 1.00 bits per heavy atom. The number of nitriles is 1. The number of benzene rings is 3. The van der Waals surface area contributed by atoms with Crippen molar-refractivity contribution in [3.8, 4) is 11.8 Å². The molecule has 1 aliphatic rings. The summed E-state index contributed by atoms with van der Waals surface area (Å²) in [4.78, 5) is 27.0. The fourth-order valence-corrected chi connectivity index (χ4v) is 5.21. The van der Waals surface area contributed by atoms with Crippen molar-refractivity contribution in [2.75, 3.05) is 11.4 Å². The number of aromatic hydroxyl groups is 1. The number of amides is 1. The van der Waals surface area contributed by atoms with Gasteiger partial charge in [-0.2, -0.15) is 5.26 Å². The maximum Gasteiger partial charge on any atom is 0.339 e. The van der Waals surface area contributed by atoms with Crippen LogP contribution in [0.3, 0.4) is 0 Å². The molecule has 3 aromatic carbocycles. The van der Waals surface area contributed by atoms with Crippen molar-refractivity contribution < 1.29 is 19.8 Å². The molecule has 0 saturated heterocycles. The average molecular weight is 516 g/mol. The average Bonchev–Trinajstić information content (AvgIpc) is 2.92. The number of hydrogen-bond donors (Lipinski definition) is 3. The van der Waals surface area contributed by atoms with E-state index in [9.17, 15) is 19.8 Å². The Kier molecular flexibility index (Phi) is 8.83. The second-order valence-corrected chi connectivity index (χ2v) is 10.1. The number of phenols is 1. The van der Waals surface area contributed by atoms with Gasteiger partial charge in [-0.25, -0.2) is 4.79 Å². The maximum absolute atomic E-state index is 13.3. The molecule has 3 N–H and O–H groups in total. The fraction of sp³-hybridized carbons (Fsp3) is 0.276. The molecule has 4 rings (SSSR count). The molecule has 0 aliphatic heterocycles. The number of anilines is 1. The first kappa shape index (κ1) is 26.3. The van der Waals surface area contributed by atoms with Gasteiger partial charge in [-0.3, -0.25) is 9.52 Å². The van der Waals surface area contributed by atoms with Gasteiger partial charge in [-0.15, -0.1) is 0 Å². The van der Waals surface area contributed by atoms with Crippen LogP contribution in [-0.2, 0) is 11.3 Å². The van der Waals surface area contributed by atoms with Crippen molar-refractivity contribution >= 4 is 29.5 Å². The Hall–Kier alpha value is -3.80. The zero-order valence-corrected chi connectivity index (χ0v) is 21.2. The van der Waals surface area contributed by atoms with E-state index in [1.54, 1.807) is 24.3 Å². The number of aromatic carboxylic acids is 1. The molecule has 0 radical (unpaired) electrons. The van der Waals surface area contributed by atoms with Crippen molar-refractivity contribution in [3.05, 3.63) is 89.0 Å². The number of carbonyl (C=O) groups excluding carboxylic acids is 1. The van der Waals surface area contributed by atoms with E-state index >= 15 is 0 Å². The van der Waals surface area contributed by atoms with Crippen LogP contribution >= 0.6 is 11.9 Å². The Bertz CT molecular complexity index is 1280. The topological polar surface area (TPSA) is 114 Å². The lowest BCUT2D eigenvalue weighted by atomic mass is 9.84. The lowest BCUT2D eigenvalue weighted by molar-refractivity contribution is -0.117. The zero-order valence-electron chi connectivity index (χ0n) is 20.4. The molecule has 7 nitrogen and oxygen atoms in total. The van der Waals surface area contributed by atoms with Gasteiger partial charge in [0.05, 0.1) is 24.7 Å². The van der Waals surface area contributed by atoms with Gasteiger partial charge >= 0.3 is 5.97 Å². The van der Waals surface area contributed by atoms with Crippen molar-refractivity contribution in [2.45, 2.75) is 49.5 Å². The van der Waals surface area contributed by atoms with E-state index < -0.39 is 11.7 Å². The first-order chi connectivity index (χ1) is 17.9. The summed E-state index contributed by atoms with van der Waals surface area (Å²) < 4.78 is 3.06. The van der Waals surface area contributed by atoms with E-state index in [2.05, 4.69) is 22.9 Å². The predicted octanol–water partition coefficient (Wildman–Crippen LogP) is 5.84. The first-order valence-corrected chi connectivity index (χ1v) is 13.1. The number of carboxylic acid groups (broad SMARTS) is 1. The van der Waals surface area contributed by atoms with Gasteiger partial charge < -0.3 is 15.1 Å². The maximum atomic E-state index is 13.3. The van der Waals surface area contributed by atoms with Crippen molar-refractivity contribution in [1.29, 1.82) is 5.26 Å². The Labute approximate surface area is 220 Å². The van der Waals surface area contributed by atoms with Crippen LogP contribution in [0, 0.1) is 11.3 Å². The molecule has 0 spiro atoms.